The van der Waals surface area contributed by atoms with Gasteiger partial charge >= 0.3 is 0 Å². The molecule has 0 aromatic heterocycles. The van der Waals surface area contributed by atoms with E-state index in [1.54, 1.807) is 0 Å². The van der Waals surface area contributed by atoms with E-state index < -0.39 is 0 Å². The van der Waals surface area contributed by atoms with Gasteiger partial charge in [-0.25, -0.2) is 0 Å². The summed E-state index contributed by atoms with van der Waals surface area (Å²) in [6.45, 7) is 9.71. The molecule has 1 saturated carbocycles. The fourth-order valence-electron chi connectivity index (χ4n) is 2.63. The van der Waals surface area contributed by atoms with Crippen LogP contribution in [0.2, 0.25) is 0 Å². The van der Waals surface area contributed by atoms with Crippen molar-refractivity contribution in [3.63, 3.8) is 0 Å². The summed E-state index contributed by atoms with van der Waals surface area (Å²) < 4.78 is 6.13. The molecular formula is C13H27NO. The summed E-state index contributed by atoms with van der Waals surface area (Å²) in [5, 5.41) is 3.46. The normalized spacial score (nSPS) is 31.8. The Hall–Kier alpha value is -0.0800. The van der Waals surface area contributed by atoms with E-state index in [0.29, 0.717) is 0 Å². The third-order valence-corrected chi connectivity index (χ3v) is 3.36. The van der Waals surface area contributed by atoms with E-state index in [2.05, 4.69) is 26.1 Å². The van der Waals surface area contributed by atoms with Crippen LogP contribution < -0.4 is 5.32 Å². The van der Waals surface area contributed by atoms with Crippen LogP contribution in [0.1, 0.15) is 52.9 Å². The van der Waals surface area contributed by atoms with E-state index in [0.717, 1.165) is 32.0 Å². The molecule has 0 heterocycles. The van der Waals surface area contributed by atoms with Crippen LogP contribution >= 0.6 is 0 Å². The third kappa shape index (κ3) is 4.12. The van der Waals surface area contributed by atoms with Crippen LogP contribution in [-0.2, 0) is 4.74 Å². The molecule has 0 aromatic carbocycles. The molecule has 0 radical (unpaired) electrons. The maximum Gasteiger partial charge on any atom is 0.0808 e. The first-order valence-electron chi connectivity index (χ1n) is 6.57. The number of hydrogen-bond acceptors (Lipinski definition) is 2. The molecule has 15 heavy (non-hydrogen) atoms. The van der Waals surface area contributed by atoms with Crippen LogP contribution in [0.5, 0.6) is 0 Å². The lowest BCUT2D eigenvalue weighted by molar-refractivity contribution is -0.0788. The molecule has 0 bridgehead atoms. The smallest absolute Gasteiger partial charge is 0.0808 e. The Kier molecular flexibility index (Phi) is 5.62. The Bertz CT molecular complexity index is 162. The van der Waals surface area contributed by atoms with E-state index >= 15 is 0 Å². The summed E-state index contributed by atoms with van der Waals surface area (Å²) in [5.74, 6) is 0.828. The minimum atomic E-state index is 0.143. The standard InChI is InChI=1S/C13H27NO/c1-4-9-15-13(11-14-5-2)8-6-7-12(3)10-13/h12,14H,4-11H2,1-3H3. The van der Waals surface area contributed by atoms with Gasteiger partial charge in [0.1, 0.15) is 0 Å². The van der Waals surface area contributed by atoms with Crippen molar-refractivity contribution in [3.8, 4) is 0 Å². The highest BCUT2D eigenvalue weighted by atomic mass is 16.5. The van der Waals surface area contributed by atoms with Gasteiger partial charge in [0.2, 0.25) is 0 Å². The van der Waals surface area contributed by atoms with Gasteiger partial charge in [0.15, 0.2) is 0 Å². The van der Waals surface area contributed by atoms with Gasteiger partial charge in [0.25, 0.3) is 0 Å². The predicted molar refractivity (Wildman–Crippen MR) is 65.1 cm³/mol. The second-order valence-corrected chi connectivity index (χ2v) is 5.01. The zero-order chi connectivity index (χ0) is 11.1. The Balaban J connectivity index is 2.49. The van der Waals surface area contributed by atoms with Gasteiger partial charge in [-0.15, -0.1) is 0 Å². The van der Waals surface area contributed by atoms with Crippen molar-refractivity contribution in [2.24, 2.45) is 5.92 Å². The number of nitrogens with one attached hydrogen (secondary N) is 1. The largest absolute Gasteiger partial charge is 0.374 e. The fraction of sp³-hybridized carbons (Fsp3) is 1.00. The minimum Gasteiger partial charge on any atom is -0.374 e. The molecule has 1 N–H and O–H groups in total. The van der Waals surface area contributed by atoms with Gasteiger partial charge < -0.3 is 10.1 Å². The Morgan fingerprint density at radius 2 is 2.20 bits per heavy atom. The van der Waals surface area contributed by atoms with Crippen molar-refractivity contribution >= 4 is 0 Å². The Morgan fingerprint density at radius 3 is 2.80 bits per heavy atom. The molecule has 1 rings (SSSR count). The van der Waals surface area contributed by atoms with Crippen molar-refractivity contribution in [3.05, 3.63) is 0 Å². The molecule has 2 atom stereocenters. The lowest BCUT2D eigenvalue weighted by Gasteiger charge is -2.40. The summed E-state index contributed by atoms with van der Waals surface area (Å²) in [5.41, 5.74) is 0.143. The lowest BCUT2D eigenvalue weighted by Crippen LogP contribution is -2.46. The van der Waals surface area contributed by atoms with Crippen LogP contribution in [-0.4, -0.2) is 25.3 Å². The second-order valence-electron chi connectivity index (χ2n) is 5.01. The highest BCUT2D eigenvalue weighted by Crippen LogP contribution is 2.34. The first-order chi connectivity index (χ1) is 7.22. The average Bonchev–Trinajstić information content (AvgIpc) is 2.24. The van der Waals surface area contributed by atoms with Crippen molar-refractivity contribution in [1.29, 1.82) is 0 Å². The molecule has 1 aliphatic rings. The zero-order valence-electron chi connectivity index (χ0n) is 10.6. The monoisotopic (exact) mass is 213 g/mol. The Morgan fingerprint density at radius 1 is 1.40 bits per heavy atom. The maximum atomic E-state index is 6.13. The van der Waals surface area contributed by atoms with E-state index in [9.17, 15) is 0 Å². The van der Waals surface area contributed by atoms with Gasteiger partial charge in [0.05, 0.1) is 5.60 Å². The molecule has 2 unspecified atom stereocenters. The third-order valence-electron chi connectivity index (χ3n) is 3.36. The molecule has 1 fully saturated rings. The topological polar surface area (TPSA) is 21.3 Å². The summed E-state index contributed by atoms with van der Waals surface area (Å²) in [7, 11) is 0. The fourth-order valence-corrected chi connectivity index (χ4v) is 2.63. The van der Waals surface area contributed by atoms with Crippen molar-refractivity contribution in [2.45, 2.75) is 58.5 Å². The molecular weight excluding hydrogens is 186 g/mol. The minimum absolute atomic E-state index is 0.143. The average molecular weight is 213 g/mol. The molecule has 0 aliphatic heterocycles. The quantitative estimate of drug-likeness (QED) is 0.732. The van der Waals surface area contributed by atoms with E-state index in [1.165, 1.54) is 25.7 Å². The number of rotatable bonds is 6. The van der Waals surface area contributed by atoms with Crippen molar-refractivity contribution in [2.75, 3.05) is 19.7 Å². The first-order valence-corrected chi connectivity index (χ1v) is 6.57. The first kappa shape index (κ1) is 13.0. The number of hydrogen-bond donors (Lipinski definition) is 1. The molecule has 2 heteroatoms. The van der Waals surface area contributed by atoms with Gasteiger partial charge in [-0.3, -0.25) is 0 Å². The van der Waals surface area contributed by atoms with Crippen molar-refractivity contribution < 1.29 is 4.74 Å². The maximum absolute atomic E-state index is 6.13. The predicted octanol–water partition coefficient (Wildman–Crippen LogP) is 2.97. The summed E-state index contributed by atoms with van der Waals surface area (Å²) in [4.78, 5) is 0. The highest BCUT2D eigenvalue weighted by Gasteiger charge is 2.35. The van der Waals surface area contributed by atoms with Crippen LogP contribution in [0.25, 0.3) is 0 Å². The molecule has 1 aliphatic carbocycles. The van der Waals surface area contributed by atoms with Gasteiger partial charge in [-0.1, -0.05) is 33.6 Å². The van der Waals surface area contributed by atoms with E-state index in [-0.39, 0.29) is 5.60 Å². The molecule has 0 aromatic rings. The molecule has 0 spiro atoms. The van der Waals surface area contributed by atoms with Crippen LogP contribution in [0.4, 0.5) is 0 Å². The number of likely N-dealkylation sites (N-methyl/N-ethyl adjacent to an activating group) is 1. The van der Waals surface area contributed by atoms with Crippen LogP contribution in [0.3, 0.4) is 0 Å². The summed E-state index contributed by atoms with van der Waals surface area (Å²) in [6, 6.07) is 0. The second kappa shape index (κ2) is 6.49. The van der Waals surface area contributed by atoms with Gasteiger partial charge in [-0.05, 0) is 31.7 Å². The lowest BCUT2D eigenvalue weighted by atomic mass is 9.78. The molecule has 0 amide bonds. The van der Waals surface area contributed by atoms with Crippen LogP contribution in [0.15, 0.2) is 0 Å². The molecule has 2 nitrogen and oxygen atoms in total. The van der Waals surface area contributed by atoms with Gasteiger partial charge in [-0.2, -0.15) is 0 Å². The number of ether oxygens (including phenoxy) is 1. The summed E-state index contributed by atoms with van der Waals surface area (Å²) in [6.07, 6.45) is 6.31. The van der Waals surface area contributed by atoms with E-state index in [1.807, 2.05) is 0 Å². The van der Waals surface area contributed by atoms with Crippen LogP contribution in [0, 0.1) is 5.92 Å². The van der Waals surface area contributed by atoms with E-state index in [4.69, 9.17) is 4.74 Å². The molecule has 0 saturated heterocycles. The SMILES string of the molecule is CCCOC1(CNCC)CCCC(C)C1. The van der Waals surface area contributed by atoms with Crippen molar-refractivity contribution in [1.82, 2.24) is 5.32 Å². The zero-order valence-corrected chi connectivity index (χ0v) is 10.6. The van der Waals surface area contributed by atoms with Gasteiger partial charge in [0, 0.05) is 13.2 Å². The Labute approximate surface area is 94.8 Å². The summed E-state index contributed by atoms with van der Waals surface area (Å²) >= 11 is 0. The molecule has 90 valence electrons. The highest BCUT2D eigenvalue weighted by molar-refractivity contribution is 4.89.